The number of benzene rings is 1. The van der Waals surface area contributed by atoms with Gasteiger partial charge in [0.05, 0.1) is 25.9 Å². The molecule has 0 saturated carbocycles. The molecule has 1 aromatic heterocycles. The highest BCUT2D eigenvalue weighted by Crippen LogP contribution is 2.25. The van der Waals surface area contributed by atoms with Gasteiger partial charge in [0.15, 0.2) is 0 Å². The summed E-state index contributed by atoms with van der Waals surface area (Å²) in [7, 11) is 1.55. The summed E-state index contributed by atoms with van der Waals surface area (Å²) in [5, 5.41) is 5.48. The largest absolute Gasteiger partial charge is 0.495 e. The molecule has 2 heterocycles. The Kier molecular flexibility index (Phi) is 5.81. The minimum atomic E-state index is -0.284. The Morgan fingerprint density at radius 3 is 2.81 bits per heavy atom. The number of rotatable bonds is 6. The molecule has 0 spiro atoms. The van der Waals surface area contributed by atoms with Crippen LogP contribution in [-0.2, 0) is 16.1 Å². The molecule has 1 unspecified atom stereocenters. The Labute approximate surface area is 159 Å². The van der Waals surface area contributed by atoms with E-state index in [-0.39, 0.29) is 30.9 Å². The normalized spacial score (nSPS) is 16.5. The summed E-state index contributed by atoms with van der Waals surface area (Å²) in [5.74, 6) is 0.145. The van der Waals surface area contributed by atoms with Gasteiger partial charge in [0, 0.05) is 31.0 Å². The molecule has 0 bridgehead atoms. The standard InChI is InChI=1S/C20H26N4O3/c1-14-6-7-18(27-3)16(11-14)22-19(25)12-21-20(26)13-24-10-9-23-8-4-5-17(23)15(24)2/h4-8,11,15H,9-10,12-13H2,1-3H3,(H,21,26)(H,22,25). The van der Waals surface area contributed by atoms with E-state index in [1.807, 2.05) is 25.1 Å². The molecule has 0 saturated heterocycles. The lowest BCUT2D eigenvalue weighted by molar-refractivity contribution is -0.125. The van der Waals surface area contributed by atoms with Crippen molar-refractivity contribution in [2.45, 2.75) is 26.4 Å². The lowest BCUT2D eigenvalue weighted by Crippen LogP contribution is -2.44. The number of nitrogens with zero attached hydrogens (tertiary/aromatic N) is 2. The van der Waals surface area contributed by atoms with Crippen LogP contribution in [0.15, 0.2) is 36.5 Å². The van der Waals surface area contributed by atoms with Crippen LogP contribution in [0, 0.1) is 6.92 Å². The zero-order valence-corrected chi connectivity index (χ0v) is 16.0. The van der Waals surface area contributed by atoms with E-state index < -0.39 is 0 Å². The van der Waals surface area contributed by atoms with Crippen molar-refractivity contribution in [3.63, 3.8) is 0 Å². The number of amides is 2. The van der Waals surface area contributed by atoms with Crippen LogP contribution in [0.4, 0.5) is 5.69 Å². The fourth-order valence-corrected chi connectivity index (χ4v) is 3.38. The van der Waals surface area contributed by atoms with Crippen molar-refractivity contribution in [3.8, 4) is 5.75 Å². The second-order valence-electron chi connectivity index (χ2n) is 6.80. The molecule has 1 aliphatic heterocycles. The lowest BCUT2D eigenvalue weighted by atomic mass is 10.1. The number of aryl methyl sites for hydroxylation is 1. The van der Waals surface area contributed by atoms with Crippen molar-refractivity contribution < 1.29 is 14.3 Å². The molecule has 0 fully saturated rings. The van der Waals surface area contributed by atoms with Gasteiger partial charge < -0.3 is 19.9 Å². The third-order valence-electron chi connectivity index (χ3n) is 4.89. The second-order valence-corrected chi connectivity index (χ2v) is 6.80. The van der Waals surface area contributed by atoms with Gasteiger partial charge in [-0.3, -0.25) is 14.5 Å². The topological polar surface area (TPSA) is 75.6 Å². The Hall–Kier alpha value is -2.80. The molecule has 7 heteroatoms. The van der Waals surface area contributed by atoms with E-state index in [9.17, 15) is 9.59 Å². The number of carbonyl (C=O) groups excluding carboxylic acids is 2. The van der Waals surface area contributed by atoms with Crippen LogP contribution >= 0.6 is 0 Å². The predicted molar refractivity (Wildman–Crippen MR) is 104 cm³/mol. The first-order valence-electron chi connectivity index (χ1n) is 9.08. The van der Waals surface area contributed by atoms with Crippen molar-refractivity contribution in [2.24, 2.45) is 0 Å². The van der Waals surface area contributed by atoms with Crippen molar-refractivity contribution in [1.29, 1.82) is 0 Å². The van der Waals surface area contributed by atoms with Crippen LogP contribution in [0.5, 0.6) is 5.75 Å². The first-order valence-corrected chi connectivity index (χ1v) is 9.08. The molecule has 1 atom stereocenters. The summed E-state index contributed by atoms with van der Waals surface area (Å²) in [6, 6.07) is 9.83. The van der Waals surface area contributed by atoms with Crippen LogP contribution in [0.2, 0.25) is 0 Å². The molecule has 2 N–H and O–H groups in total. The SMILES string of the molecule is COc1ccc(C)cc1NC(=O)CNC(=O)CN1CCn2cccc2C1C. The summed E-state index contributed by atoms with van der Waals surface area (Å²) in [5.41, 5.74) is 2.82. The average molecular weight is 370 g/mol. The van der Waals surface area contributed by atoms with Crippen LogP contribution in [0.1, 0.15) is 24.2 Å². The van der Waals surface area contributed by atoms with Crippen LogP contribution in [0.25, 0.3) is 0 Å². The molecule has 1 aromatic carbocycles. The van der Waals surface area contributed by atoms with Gasteiger partial charge in [-0.15, -0.1) is 0 Å². The van der Waals surface area contributed by atoms with Crippen molar-refractivity contribution in [1.82, 2.24) is 14.8 Å². The Bertz CT molecular complexity index is 830. The molecule has 1 aliphatic rings. The maximum Gasteiger partial charge on any atom is 0.243 e. The van der Waals surface area contributed by atoms with Crippen LogP contribution < -0.4 is 15.4 Å². The lowest BCUT2D eigenvalue weighted by Gasteiger charge is -2.34. The van der Waals surface area contributed by atoms with Crippen LogP contribution in [0.3, 0.4) is 0 Å². The molecular weight excluding hydrogens is 344 g/mol. The minimum Gasteiger partial charge on any atom is -0.495 e. The van der Waals surface area contributed by atoms with E-state index in [0.717, 1.165) is 18.7 Å². The summed E-state index contributed by atoms with van der Waals surface area (Å²) >= 11 is 0. The van der Waals surface area contributed by atoms with E-state index in [0.29, 0.717) is 11.4 Å². The highest BCUT2D eigenvalue weighted by Gasteiger charge is 2.25. The van der Waals surface area contributed by atoms with Crippen molar-refractivity contribution in [3.05, 3.63) is 47.8 Å². The fourth-order valence-electron chi connectivity index (χ4n) is 3.38. The highest BCUT2D eigenvalue weighted by molar-refractivity contribution is 5.96. The van der Waals surface area contributed by atoms with E-state index in [4.69, 9.17) is 4.74 Å². The molecule has 0 aliphatic carbocycles. The molecule has 27 heavy (non-hydrogen) atoms. The Morgan fingerprint density at radius 2 is 2.04 bits per heavy atom. The molecule has 7 nitrogen and oxygen atoms in total. The smallest absolute Gasteiger partial charge is 0.243 e. The van der Waals surface area contributed by atoms with E-state index in [2.05, 4.69) is 39.3 Å². The van der Waals surface area contributed by atoms with Crippen molar-refractivity contribution in [2.75, 3.05) is 32.1 Å². The number of methoxy groups -OCH3 is 1. The number of aromatic nitrogens is 1. The second kappa shape index (κ2) is 8.26. The molecule has 2 aromatic rings. The van der Waals surface area contributed by atoms with E-state index >= 15 is 0 Å². The Balaban J connectivity index is 1.49. The molecule has 3 rings (SSSR count). The zero-order valence-electron chi connectivity index (χ0n) is 16.0. The van der Waals surface area contributed by atoms with Gasteiger partial charge in [0.2, 0.25) is 11.8 Å². The van der Waals surface area contributed by atoms with Gasteiger partial charge in [-0.25, -0.2) is 0 Å². The number of anilines is 1. The van der Waals surface area contributed by atoms with E-state index in [1.54, 1.807) is 13.2 Å². The van der Waals surface area contributed by atoms with Gasteiger partial charge in [0.25, 0.3) is 0 Å². The summed E-state index contributed by atoms with van der Waals surface area (Å²) in [6.07, 6.45) is 2.06. The monoisotopic (exact) mass is 370 g/mol. The third kappa shape index (κ3) is 4.49. The third-order valence-corrected chi connectivity index (χ3v) is 4.89. The molecular formula is C20H26N4O3. The Morgan fingerprint density at radius 1 is 1.22 bits per heavy atom. The number of hydrogen-bond donors (Lipinski definition) is 2. The quantitative estimate of drug-likeness (QED) is 0.815. The maximum absolute atomic E-state index is 12.3. The van der Waals surface area contributed by atoms with Crippen molar-refractivity contribution >= 4 is 17.5 Å². The summed E-state index contributed by atoms with van der Waals surface area (Å²) < 4.78 is 7.46. The molecule has 0 radical (unpaired) electrons. The zero-order chi connectivity index (χ0) is 19.4. The predicted octanol–water partition coefficient (Wildman–Crippen LogP) is 1.94. The number of hydrogen-bond acceptors (Lipinski definition) is 4. The van der Waals surface area contributed by atoms with Crippen LogP contribution in [-0.4, -0.2) is 48.0 Å². The van der Waals surface area contributed by atoms with Gasteiger partial charge >= 0.3 is 0 Å². The molecule has 144 valence electrons. The van der Waals surface area contributed by atoms with Gasteiger partial charge in [-0.2, -0.15) is 0 Å². The maximum atomic E-state index is 12.3. The van der Waals surface area contributed by atoms with Gasteiger partial charge in [-0.1, -0.05) is 6.07 Å². The number of carbonyl (C=O) groups is 2. The minimum absolute atomic E-state index is 0.0749. The highest BCUT2D eigenvalue weighted by atomic mass is 16.5. The van der Waals surface area contributed by atoms with Gasteiger partial charge in [0.1, 0.15) is 5.75 Å². The summed E-state index contributed by atoms with van der Waals surface area (Å²) in [6.45, 7) is 5.90. The summed E-state index contributed by atoms with van der Waals surface area (Å²) in [4.78, 5) is 26.6. The van der Waals surface area contributed by atoms with Gasteiger partial charge in [-0.05, 0) is 43.7 Å². The average Bonchev–Trinajstić information content (AvgIpc) is 3.12. The number of ether oxygens (including phenoxy) is 1. The number of fused-ring (bicyclic) bond motifs is 1. The first-order chi connectivity index (χ1) is 13.0. The first kappa shape index (κ1) is 19.0. The molecule has 2 amide bonds. The number of nitrogens with one attached hydrogen (secondary N) is 2. The fraction of sp³-hybridized carbons (Fsp3) is 0.400. The van der Waals surface area contributed by atoms with E-state index in [1.165, 1.54) is 5.69 Å².